The van der Waals surface area contributed by atoms with E-state index >= 15 is 0 Å². The van der Waals surface area contributed by atoms with E-state index in [1.807, 2.05) is 42.6 Å². The number of urea groups is 1. The first-order chi connectivity index (χ1) is 14.6. The van der Waals surface area contributed by atoms with E-state index in [0.717, 1.165) is 24.2 Å². The average Bonchev–Trinajstić information content (AvgIpc) is 3.43. The quantitative estimate of drug-likeness (QED) is 0.540. The van der Waals surface area contributed by atoms with Crippen molar-refractivity contribution in [1.82, 2.24) is 20.4 Å². The zero-order valence-corrected chi connectivity index (χ0v) is 17.0. The van der Waals surface area contributed by atoms with E-state index in [1.165, 1.54) is 0 Å². The summed E-state index contributed by atoms with van der Waals surface area (Å²) >= 11 is 6.13. The molecule has 0 radical (unpaired) electrons. The summed E-state index contributed by atoms with van der Waals surface area (Å²) in [5, 5.41) is 13.3. The molecule has 4 rings (SSSR count). The fourth-order valence-electron chi connectivity index (χ4n) is 2.97. The highest BCUT2D eigenvalue weighted by molar-refractivity contribution is 6.34. The lowest BCUT2D eigenvalue weighted by molar-refractivity contribution is 0.0951. The van der Waals surface area contributed by atoms with Crippen molar-refractivity contribution in [3.63, 3.8) is 0 Å². The van der Waals surface area contributed by atoms with Gasteiger partial charge in [0, 0.05) is 30.9 Å². The van der Waals surface area contributed by atoms with Gasteiger partial charge in [0.15, 0.2) is 0 Å². The Hall–Kier alpha value is -3.32. The molecule has 1 saturated carbocycles. The van der Waals surface area contributed by atoms with Gasteiger partial charge in [-0.2, -0.15) is 5.10 Å². The highest BCUT2D eigenvalue weighted by atomic mass is 35.5. The van der Waals surface area contributed by atoms with Gasteiger partial charge in [0.1, 0.15) is 0 Å². The molecule has 0 atom stereocenters. The number of carbonyl (C=O) groups excluding carboxylic acids is 2. The maximum atomic E-state index is 12.3. The maximum Gasteiger partial charge on any atom is 0.319 e. The second kappa shape index (κ2) is 9.00. The summed E-state index contributed by atoms with van der Waals surface area (Å²) in [6.45, 7) is 0.431. The lowest BCUT2D eigenvalue weighted by Gasteiger charge is -2.10. The monoisotopic (exact) mass is 423 g/mol. The van der Waals surface area contributed by atoms with Crippen LogP contribution in [-0.2, 0) is 6.42 Å². The van der Waals surface area contributed by atoms with Crippen molar-refractivity contribution in [1.29, 1.82) is 0 Å². The minimum absolute atomic E-state index is 0.222. The van der Waals surface area contributed by atoms with E-state index in [0.29, 0.717) is 29.2 Å². The first-order valence-corrected chi connectivity index (χ1v) is 10.2. The lowest BCUT2D eigenvalue weighted by Crippen LogP contribution is -2.31. The summed E-state index contributed by atoms with van der Waals surface area (Å²) in [6, 6.07) is 16.5. The van der Waals surface area contributed by atoms with Gasteiger partial charge >= 0.3 is 6.03 Å². The number of benzene rings is 2. The third kappa shape index (κ3) is 5.18. The van der Waals surface area contributed by atoms with Crippen LogP contribution < -0.4 is 16.0 Å². The number of amides is 3. The van der Waals surface area contributed by atoms with E-state index < -0.39 is 0 Å². The summed E-state index contributed by atoms with van der Waals surface area (Å²) in [5.41, 5.74) is 2.72. The predicted molar refractivity (Wildman–Crippen MR) is 116 cm³/mol. The Balaban J connectivity index is 1.28. The van der Waals surface area contributed by atoms with Crippen molar-refractivity contribution in [3.8, 4) is 5.69 Å². The van der Waals surface area contributed by atoms with Crippen LogP contribution in [0.1, 0.15) is 28.9 Å². The van der Waals surface area contributed by atoms with Crippen LogP contribution >= 0.6 is 11.6 Å². The topological polar surface area (TPSA) is 88.1 Å². The SMILES string of the molecule is O=C(NCCc1ccn(-c2ccccc2)n1)Nc1ccc(Cl)c(C(=O)NC2CC2)c1. The van der Waals surface area contributed by atoms with Crippen LogP contribution in [0, 0.1) is 0 Å². The molecule has 1 heterocycles. The van der Waals surface area contributed by atoms with Gasteiger partial charge in [0.2, 0.25) is 0 Å². The molecule has 7 nitrogen and oxygen atoms in total. The highest BCUT2D eigenvalue weighted by Gasteiger charge is 2.24. The number of hydrogen-bond donors (Lipinski definition) is 3. The average molecular weight is 424 g/mol. The van der Waals surface area contributed by atoms with Crippen molar-refractivity contribution < 1.29 is 9.59 Å². The normalized spacial score (nSPS) is 13.0. The van der Waals surface area contributed by atoms with Gasteiger partial charge in [0.25, 0.3) is 5.91 Å². The molecular formula is C22H22ClN5O2. The third-order valence-electron chi connectivity index (χ3n) is 4.71. The van der Waals surface area contributed by atoms with E-state index in [9.17, 15) is 9.59 Å². The molecular weight excluding hydrogens is 402 g/mol. The number of aromatic nitrogens is 2. The van der Waals surface area contributed by atoms with E-state index in [2.05, 4.69) is 21.0 Å². The Morgan fingerprint density at radius 1 is 1.10 bits per heavy atom. The first-order valence-electron chi connectivity index (χ1n) is 9.84. The largest absolute Gasteiger partial charge is 0.349 e. The molecule has 0 aliphatic heterocycles. The highest BCUT2D eigenvalue weighted by Crippen LogP contribution is 2.24. The summed E-state index contributed by atoms with van der Waals surface area (Å²) in [6.07, 6.45) is 4.48. The smallest absolute Gasteiger partial charge is 0.319 e. The van der Waals surface area contributed by atoms with Gasteiger partial charge in [-0.3, -0.25) is 4.79 Å². The first kappa shape index (κ1) is 20.0. The van der Waals surface area contributed by atoms with Crippen molar-refractivity contribution in [3.05, 3.63) is 77.1 Å². The molecule has 0 bridgehead atoms. The number of hydrogen-bond acceptors (Lipinski definition) is 3. The Kier molecular flexibility index (Phi) is 5.99. The number of nitrogens with one attached hydrogen (secondary N) is 3. The number of para-hydroxylation sites is 1. The van der Waals surface area contributed by atoms with Crippen molar-refractivity contribution in [2.24, 2.45) is 0 Å². The van der Waals surface area contributed by atoms with Crippen LogP contribution in [0.5, 0.6) is 0 Å². The van der Waals surface area contributed by atoms with Gasteiger partial charge in [-0.05, 0) is 49.2 Å². The fraction of sp³-hybridized carbons (Fsp3) is 0.227. The van der Waals surface area contributed by atoms with Gasteiger partial charge in [-0.25, -0.2) is 9.48 Å². The maximum absolute atomic E-state index is 12.3. The molecule has 8 heteroatoms. The summed E-state index contributed by atoms with van der Waals surface area (Å²) in [7, 11) is 0. The second-order valence-electron chi connectivity index (χ2n) is 7.16. The van der Waals surface area contributed by atoms with Crippen molar-refractivity contribution in [2.45, 2.75) is 25.3 Å². The van der Waals surface area contributed by atoms with Gasteiger partial charge in [-0.1, -0.05) is 29.8 Å². The number of nitrogens with zero attached hydrogens (tertiary/aromatic N) is 2. The Morgan fingerprint density at radius 2 is 1.90 bits per heavy atom. The van der Waals surface area contributed by atoms with Crippen LogP contribution in [0.4, 0.5) is 10.5 Å². The number of carbonyl (C=O) groups is 2. The minimum atomic E-state index is -0.353. The Morgan fingerprint density at radius 3 is 2.67 bits per heavy atom. The van der Waals surface area contributed by atoms with Crippen LogP contribution in [0.25, 0.3) is 5.69 Å². The molecule has 2 aromatic carbocycles. The molecule has 30 heavy (non-hydrogen) atoms. The molecule has 154 valence electrons. The summed E-state index contributed by atoms with van der Waals surface area (Å²) in [4.78, 5) is 24.5. The van der Waals surface area contributed by atoms with Gasteiger partial charge in [-0.15, -0.1) is 0 Å². The van der Waals surface area contributed by atoms with Crippen LogP contribution in [-0.4, -0.2) is 34.3 Å². The summed E-state index contributed by atoms with van der Waals surface area (Å²) in [5.74, 6) is -0.222. The van der Waals surface area contributed by atoms with Crippen molar-refractivity contribution in [2.75, 3.05) is 11.9 Å². The van der Waals surface area contributed by atoms with Gasteiger partial charge < -0.3 is 16.0 Å². The molecule has 3 amide bonds. The van der Waals surface area contributed by atoms with Crippen LogP contribution in [0.3, 0.4) is 0 Å². The zero-order valence-electron chi connectivity index (χ0n) is 16.3. The molecule has 3 aromatic rings. The van der Waals surface area contributed by atoms with Crippen LogP contribution in [0.2, 0.25) is 5.02 Å². The zero-order chi connectivity index (χ0) is 20.9. The number of anilines is 1. The lowest BCUT2D eigenvalue weighted by atomic mass is 10.2. The molecule has 3 N–H and O–H groups in total. The van der Waals surface area contributed by atoms with Gasteiger partial charge in [0.05, 0.1) is 22.0 Å². The van der Waals surface area contributed by atoms with E-state index in [4.69, 9.17) is 11.6 Å². The van der Waals surface area contributed by atoms with Crippen LogP contribution in [0.15, 0.2) is 60.8 Å². The molecule has 0 saturated heterocycles. The standard InChI is InChI=1S/C22H22ClN5O2/c23-20-9-8-17(14-19(20)21(29)25-15-6-7-15)26-22(30)24-12-10-16-11-13-28(27-16)18-4-2-1-3-5-18/h1-5,8-9,11,13-15H,6-7,10,12H2,(H,25,29)(H2,24,26,30). The summed E-state index contributed by atoms with van der Waals surface area (Å²) < 4.78 is 1.80. The molecule has 1 aliphatic carbocycles. The minimum Gasteiger partial charge on any atom is -0.349 e. The van der Waals surface area contributed by atoms with E-state index in [-0.39, 0.29) is 18.0 Å². The fourth-order valence-corrected chi connectivity index (χ4v) is 3.17. The number of halogens is 1. The molecule has 1 aromatic heterocycles. The molecule has 0 spiro atoms. The predicted octanol–water partition coefficient (Wildman–Crippen LogP) is 3.78. The second-order valence-corrected chi connectivity index (χ2v) is 7.57. The molecule has 1 fully saturated rings. The molecule has 0 unspecified atom stereocenters. The Labute approximate surface area is 179 Å². The third-order valence-corrected chi connectivity index (χ3v) is 5.04. The molecule has 1 aliphatic rings. The Bertz CT molecular complexity index is 1050. The van der Waals surface area contributed by atoms with Crippen molar-refractivity contribution >= 4 is 29.2 Å². The number of rotatable bonds is 7. The van der Waals surface area contributed by atoms with E-state index in [1.54, 1.807) is 22.9 Å².